The maximum atomic E-state index is 15.9. The molecule has 3 N–H and O–H groups in total. The van der Waals surface area contributed by atoms with E-state index in [2.05, 4.69) is 9.97 Å². The molecule has 0 amide bonds. The largest absolute Gasteiger partial charge is 0.393 e. The number of hydrogen-bond acceptors (Lipinski definition) is 5. The summed E-state index contributed by atoms with van der Waals surface area (Å²) >= 11 is 0. The maximum absolute atomic E-state index is 15.9. The van der Waals surface area contributed by atoms with Crippen LogP contribution in [0.15, 0.2) is 67.0 Å². The molecule has 2 aromatic carbocycles. The molecule has 158 valence electrons. The minimum atomic E-state index is -0.441. The Labute approximate surface area is 183 Å². The fraction of sp³-hybridized carbons (Fsp3) is 0.160. The Morgan fingerprint density at radius 3 is 2.56 bits per heavy atom. The number of aliphatic hydroxyl groups excluding tert-OH is 1. The monoisotopic (exact) mass is 425 g/mol. The lowest BCUT2D eigenvalue weighted by Gasteiger charge is -2.30. The van der Waals surface area contributed by atoms with Crippen LogP contribution < -0.4 is 5.73 Å². The van der Waals surface area contributed by atoms with Gasteiger partial charge in [-0.25, -0.2) is 19.3 Å². The van der Waals surface area contributed by atoms with Crippen molar-refractivity contribution in [2.75, 3.05) is 5.73 Å². The summed E-state index contributed by atoms with van der Waals surface area (Å²) in [6.45, 7) is 0. The fourth-order valence-corrected chi connectivity index (χ4v) is 4.47. The average Bonchev–Trinajstić information content (AvgIpc) is 3.18. The van der Waals surface area contributed by atoms with E-state index in [1.54, 1.807) is 18.5 Å². The van der Waals surface area contributed by atoms with Crippen LogP contribution in [0.5, 0.6) is 0 Å². The predicted molar refractivity (Wildman–Crippen MR) is 122 cm³/mol. The van der Waals surface area contributed by atoms with Crippen LogP contribution in [0, 0.1) is 5.82 Å². The standard InChI is InChI=1S/C25H20FN5O/c26-20-18(8-6-15-7-9-19(29-21(15)20)14-4-2-1-3-5-14)22-23-24(27)28-10-11-31(23)25(30-22)16-12-17(32)13-16/h1-11,16-17,32H,12-13H2,(H2,27,28)/t16-,17+. The van der Waals surface area contributed by atoms with Gasteiger partial charge in [0.05, 0.1) is 11.8 Å². The molecule has 5 aromatic rings. The molecule has 3 aromatic heterocycles. The fourth-order valence-electron chi connectivity index (χ4n) is 4.47. The number of aliphatic hydroxyl groups is 1. The molecule has 0 spiro atoms. The Hall–Kier alpha value is -3.84. The van der Waals surface area contributed by atoms with E-state index < -0.39 is 5.82 Å². The van der Waals surface area contributed by atoms with Crippen molar-refractivity contribution in [2.24, 2.45) is 0 Å². The predicted octanol–water partition coefficient (Wildman–Crippen LogP) is 4.57. The van der Waals surface area contributed by atoms with E-state index >= 15 is 4.39 Å². The van der Waals surface area contributed by atoms with E-state index in [0.717, 1.165) is 11.4 Å². The molecule has 1 aliphatic carbocycles. The second-order valence-corrected chi connectivity index (χ2v) is 8.23. The van der Waals surface area contributed by atoms with E-state index in [1.165, 1.54) is 0 Å². The summed E-state index contributed by atoms with van der Waals surface area (Å²) in [5.74, 6) is 0.703. The summed E-state index contributed by atoms with van der Waals surface area (Å²) in [5.41, 5.74) is 9.45. The van der Waals surface area contributed by atoms with Crippen LogP contribution in [-0.4, -0.2) is 30.6 Å². The van der Waals surface area contributed by atoms with Gasteiger partial charge in [0.15, 0.2) is 5.82 Å². The molecule has 1 fully saturated rings. The van der Waals surface area contributed by atoms with E-state index in [9.17, 15) is 5.11 Å². The van der Waals surface area contributed by atoms with E-state index in [4.69, 9.17) is 10.7 Å². The molecule has 32 heavy (non-hydrogen) atoms. The third-order valence-electron chi connectivity index (χ3n) is 6.21. The summed E-state index contributed by atoms with van der Waals surface area (Å²) < 4.78 is 17.7. The smallest absolute Gasteiger partial charge is 0.158 e. The van der Waals surface area contributed by atoms with Gasteiger partial charge >= 0.3 is 0 Å². The van der Waals surface area contributed by atoms with E-state index in [1.807, 2.05) is 52.9 Å². The summed E-state index contributed by atoms with van der Waals surface area (Å²) in [5, 5.41) is 10.5. The molecule has 7 heteroatoms. The number of fused-ring (bicyclic) bond motifs is 2. The van der Waals surface area contributed by atoms with Crippen LogP contribution in [0.4, 0.5) is 10.2 Å². The number of hydrogen-bond donors (Lipinski definition) is 2. The third-order valence-corrected chi connectivity index (χ3v) is 6.21. The molecule has 0 atom stereocenters. The highest BCUT2D eigenvalue weighted by molar-refractivity contribution is 5.92. The van der Waals surface area contributed by atoms with Crippen LogP contribution in [0.25, 0.3) is 38.9 Å². The SMILES string of the molecule is Nc1nccn2c1c(-c1ccc3ccc(-c4ccccc4)nc3c1F)nc2[C@H]1C[C@@H](O)C1. The first-order valence-electron chi connectivity index (χ1n) is 10.6. The Balaban J connectivity index is 1.56. The van der Waals surface area contributed by atoms with Gasteiger partial charge in [-0.2, -0.15) is 0 Å². The molecule has 0 radical (unpaired) electrons. The lowest BCUT2D eigenvalue weighted by atomic mass is 9.82. The van der Waals surface area contributed by atoms with Crippen LogP contribution in [0.2, 0.25) is 0 Å². The number of anilines is 1. The minimum Gasteiger partial charge on any atom is -0.393 e. The topological polar surface area (TPSA) is 89.3 Å². The molecular weight excluding hydrogens is 405 g/mol. The van der Waals surface area contributed by atoms with Crippen molar-refractivity contribution in [3.63, 3.8) is 0 Å². The average molecular weight is 425 g/mol. The summed E-state index contributed by atoms with van der Waals surface area (Å²) in [7, 11) is 0. The van der Waals surface area contributed by atoms with Crippen molar-refractivity contribution in [2.45, 2.75) is 24.9 Å². The van der Waals surface area contributed by atoms with Crippen LogP contribution in [0.3, 0.4) is 0 Å². The van der Waals surface area contributed by atoms with Gasteiger partial charge in [0.25, 0.3) is 0 Å². The Bertz CT molecular complexity index is 1470. The number of nitrogens with zero attached hydrogens (tertiary/aromatic N) is 4. The van der Waals surface area contributed by atoms with Gasteiger partial charge in [0, 0.05) is 34.8 Å². The molecule has 1 aliphatic rings. The van der Waals surface area contributed by atoms with Crippen molar-refractivity contribution in [1.82, 2.24) is 19.4 Å². The quantitative estimate of drug-likeness (QED) is 0.442. The molecule has 3 heterocycles. The highest BCUT2D eigenvalue weighted by Crippen LogP contribution is 2.40. The first kappa shape index (κ1) is 18.9. The van der Waals surface area contributed by atoms with Gasteiger partial charge < -0.3 is 10.8 Å². The highest BCUT2D eigenvalue weighted by Gasteiger charge is 2.33. The van der Waals surface area contributed by atoms with Crippen molar-refractivity contribution in [3.05, 3.63) is 78.6 Å². The number of nitrogen functional groups attached to an aromatic ring is 1. The Morgan fingerprint density at radius 2 is 1.78 bits per heavy atom. The number of rotatable bonds is 3. The number of aromatic nitrogens is 4. The molecule has 0 bridgehead atoms. The van der Waals surface area contributed by atoms with E-state index in [-0.39, 0.29) is 23.4 Å². The molecule has 6 nitrogen and oxygen atoms in total. The second kappa shape index (κ2) is 7.10. The molecule has 0 saturated heterocycles. The Morgan fingerprint density at radius 1 is 1.00 bits per heavy atom. The van der Waals surface area contributed by atoms with Gasteiger partial charge in [-0.1, -0.05) is 42.5 Å². The third kappa shape index (κ3) is 2.85. The maximum Gasteiger partial charge on any atom is 0.158 e. The molecule has 6 rings (SSSR count). The lowest BCUT2D eigenvalue weighted by Crippen LogP contribution is -2.27. The van der Waals surface area contributed by atoms with Gasteiger partial charge in [-0.3, -0.25) is 4.40 Å². The van der Waals surface area contributed by atoms with Gasteiger partial charge in [0.1, 0.15) is 28.4 Å². The first-order valence-corrected chi connectivity index (χ1v) is 10.6. The van der Waals surface area contributed by atoms with Crippen LogP contribution in [0.1, 0.15) is 24.6 Å². The number of halogens is 1. The molecule has 0 unspecified atom stereocenters. The van der Waals surface area contributed by atoms with Crippen LogP contribution >= 0.6 is 0 Å². The lowest BCUT2D eigenvalue weighted by molar-refractivity contribution is 0.0715. The van der Waals surface area contributed by atoms with Crippen molar-refractivity contribution in [3.8, 4) is 22.5 Å². The normalized spacial score (nSPS) is 18.2. The molecule has 0 aliphatic heterocycles. The first-order chi connectivity index (χ1) is 15.6. The zero-order chi connectivity index (χ0) is 21.8. The summed E-state index contributed by atoms with van der Waals surface area (Å²) in [4.78, 5) is 13.6. The zero-order valence-electron chi connectivity index (χ0n) is 17.1. The number of nitrogens with two attached hydrogens (primary N) is 1. The summed E-state index contributed by atoms with van der Waals surface area (Å²) in [6, 6.07) is 17.0. The van der Waals surface area contributed by atoms with Crippen molar-refractivity contribution < 1.29 is 9.50 Å². The zero-order valence-corrected chi connectivity index (χ0v) is 17.1. The number of benzene rings is 2. The van der Waals surface area contributed by atoms with E-state index in [0.29, 0.717) is 40.7 Å². The number of imidazole rings is 1. The van der Waals surface area contributed by atoms with Crippen molar-refractivity contribution >= 4 is 22.2 Å². The molecular formula is C25H20FN5O. The number of pyridine rings is 1. The van der Waals surface area contributed by atoms with Gasteiger partial charge in [-0.05, 0) is 25.0 Å². The minimum absolute atomic E-state index is 0.0966. The second-order valence-electron chi connectivity index (χ2n) is 8.23. The van der Waals surface area contributed by atoms with Crippen molar-refractivity contribution in [1.29, 1.82) is 0 Å². The van der Waals surface area contributed by atoms with Gasteiger partial charge in [0.2, 0.25) is 0 Å². The Kier molecular flexibility index (Phi) is 4.19. The highest BCUT2D eigenvalue weighted by atomic mass is 19.1. The van der Waals surface area contributed by atoms with Crippen LogP contribution in [-0.2, 0) is 0 Å². The molecule has 1 saturated carbocycles. The van der Waals surface area contributed by atoms with Gasteiger partial charge in [-0.15, -0.1) is 0 Å². The summed E-state index contributed by atoms with van der Waals surface area (Å²) in [6.07, 6.45) is 4.32.